The number of nitrogens with zero attached hydrogens (tertiary/aromatic N) is 2. The fourth-order valence-corrected chi connectivity index (χ4v) is 3.25. The number of likely N-dealkylation sites (N-methyl/N-ethyl adjacent to an activating group) is 1. The van der Waals surface area contributed by atoms with Gasteiger partial charge in [0.2, 0.25) is 0 Å². The Bertz CT molecular complexity index is 437. The Hall–Kier alpha value is -0.320. The van der Waals surface area contributed by atoms with E-state index in [0.717, 1.165) is 18.7 Å². The molecule has 1 fully saturated rings. The van der Waals surface area contributed by atoms with Gasteiger partial charge in [-0.3, -0.25) is 4.90 Å². The second-order valence-electron chi connectivity index (χ2n) is 5.32. The maximum atomic E-state index is 6.30. The molecule has 3 nitrogen and oxygen atoms in total. The first-order valence-electron chi connectivity index (χ1n) is 6.58. The zero-order chi connectivity index (χ0) is 14.0. The van der Waals surface area contributed by atoms with E-state index in [1.54, 1.807) is 6.07 Å². The SMILES string of the molecule is CN(C)C1CCN(C(CN)c2ccc(Cl)cc2Cl)C1. The van der Waals surface area contributed by atoms with Crippen molar-refractivity contribution in [1.82, 2.24) is 9.80 Å². The molecule has 0 bridgehead atoms. The van der Waals surface area contributed by atoms with Gasteiger partial charge in [0.25, 0.3) is 0 Å². The molecule has 2 atom stereocenters. The Morgan fingerprint density at radius 3 is 2.68 bits per heavy atom. The smallest absolute Gasteiger partial charge is 0.0485 e. The molecule has 0 radical (unpaired) electrons. The summed E-state index contributed by atoms with van der Waals surface area (Å²) < 4.78 is 0. The highest BCUT2D eigenvalue weighted by Gasteiger charge is 2.30. The highest BCUT2D eigenvalue weighted by atomic mass is 35.5. The number of rotatable bonds is 4. The van der Waals surface area contributed by atoms with Crippen LogP contribution < -0.4 is 5.73 Å². The first-order valence-corrected chi connectivity index (χ1v) is 7.34. The summed E-state index contributed by atoms with van der Waals surface area (Å²) in [5.74, 6) is 0. The van der Waals surface area contributed by atoms with Crippen LogP contribution in [0.5, 0.6) is 0 Å². The van der Waals surface area contributed by atoms with Crippen LogP contribution in [0.3, 0.4) is 0 Å². The molecule has 1 aliphatic heterocycles. The molecule has 2 N–H and O–H groups in total. The molecule has 0 aromatic heterocycles. The molecule has 1 aromatic rings. The number of benzene rings is 1. The van der Waals surface area contributed by atoms with Gasteiger partial charge in [0.05, 0.1) is 0 Å². The average Bonchev–Trinajstić information content (AvgIpc) is 2.82. The summed E-state index contributed by atoms with van der Waals surface area (Å²) in [7, 11) is 4.25. The predicted octanol–water partition coefficient (Wildman–Crippen LogP) is 2.63. The van der Waals surface area contributed by atoms with E-state index in [1.807, 2.05) is 12.1 Å². The van der Waals surface area contributed by atoms with E-state index in [4.69, 9.17) is 28.9 Å². The Labute approximate surface area is 125 Å². The molecule has 0 spiro atoms. The van der Waals surface area contributed by atoms with E-state index in [0.29, 0.717) is 22.6 Å². The first-order chi connectivity index (χ1) is 9.02. The van der Waals surface area contributed by atoms with Crippen LogP contribution in [0, 0.1) is 0 Å². The standard InChI is InChI=1S/C14H21Cl2N3/c1-18(2)11-5-6-19(9-11)14(8-17)12-4-3-10(15)7-13(12)16/h3-4,7,11,14H,5-6,8-9,17H2,1-2H3. The Morgan fingerprint density at radius 1 is 1.42 bits per heavy atom. The largest absolute Gasteiger partial charge is 0.329 e. The monoisotopic (exact) mass is 301 g/mol. The fraction of sp³-hybridized carbons (Fsp3) is 0.571. The predicted molar refractivity (Wildman–Crippen MR) is 81.9 cm³/mol. The van der Waals surface area contributed by atoms with Crippen molar-refractivity contribution in [3.63, 3.8) is 0 Å². The summed E-state index contributed by atoms with van der Waals surface area (Å²) in [6, 6.07) is 6.44. The molecule has 1 aromatic carbocycles. The molecule has 0 aliphatic carbocycles. The summed E-state index contributed by atoms with van der Waals surface area (Å²) in [6.07, 6.45) is 1.18. The van der Waals surface area contributed by atoms with Crippen LogP contribution in [0.15, 0.2) is 18.2 Å². The zero-order valence-corrected chi connectivity index (χ0v) is 13.0. The summed E-state index contributed by atoms with van der Waals surface area (Å²) in [5, 5.41) is 1.37. The van der Waals surface area contributed by atoms with Crippen molar-refractivity contribution in [2.75, 3.05) is 33.7 Å². The van der Waals surface area contributed by atoms with E-state index >= 15 is 0 Å². The molecule has 1 saturated heterocycles. The molecule has 0 amide bonds. The van der Waals surface area contributed by atoms with Crippen LogP contribution in [-0.4, -0.2) is 49.6 Å². The minimum Gasteiger partial charge on any atom is -0.329 e. The summed E-state index contributed by atoms with van der Waals surface area (Å²) >= 11 is 12.3. The van der Waals surface area contributed by atoms with Gasteiger partial charge in [-0.05, 0) is 38.2 Å². The number of hydrogen-bond donors (Lipinski definition) is 1. The van der Waals surface area contributed by atoms with E-state index in [9.17, 15) is 0 Å². The molecule has 2 rings (SSSR count). The molecule has 0 saturated carbocycles. The van der Waals surface area contributed by atoms with Crippen LogP contribution in [0.2, 0.25) is 10.0 Å². The lowest BCUT2D eigenvalue weighted by Gasteiger charge is -2.28. The maximum absolute atomic E-state index is 6.30. The average molecular weight is 302 g/mol. The minimum absolute atomic E-state index is 0.176. The van der Waals surface area contributed by atoms with Crippen LogP contribution in [0.1, 0.15) is 18.0 Å². The van der Waals surface area contributed by atoms with E-state index < -0.39 is 0 Å². The zero-order valence-electron chi connectivity index (χ0n) is 11.4. The third-order valence-corrected chi connectivity index (χ3v) is 4.47. The van der Waals surface area contributed by atoms with Crippen molar-refractivity contribution >= 4 is 23.2 Å². The Morgan fingerprint density at radius 2 is 2.16 bits per heavy atom. The lowest BCUT2D eigenvalue weighted by Crippen LogP contribution is -2.36. The minimum atomic E-state index is 0.176. The Balaban J connectivity index is 2.16. The van der Waals surface area contributed by atoms with Gasteiger partial charge in [0.1, 0.15) is 0 Å². The number of hydrogen-bond acceptors (Lipinski definition) is 3. The molecular weight excluding hydrogens is 281 g/mol. The maximum Gasteiger partial charge on any atom is 0.0485 e. The van der Waals surface area contributed by atoms with Crippen molar-refractivity contribution in [2.24, 2.45) is 5.73 Å². The summed E-state index contributed by atoms with van der Waals surface area (Å²) in [6.45, 7) is 2.67. The van der Waals surface area contributed by atoms with Gasteiger partial charge in [-0.25, -0.2) is 0 Å². The molecule has 5 heteroatoms. The molecular formula is C14H21Cl2N3. The van der Waals surface area contributed by atoms with Crippen molar-refractivity contribution in [2.45, 2.75) is 18.5 Å². The van der Waals surface area contributed by atoms with Gasteiger partial charge in [0.15, 0.2) is 0 Å². The lowest BCUT2D eigenvalue weighted by atomic mass is 10.1. The number of likely N-dealkylation sites (tertiary alicyclic amines) is 1. The van der Waals surface area contributed by atoms with Gasteiger partial charge in [-0.1, -0.05) is 29.3 Å². The highest BCUT2D eigenvalue weighted by molar-refractivity contribution is 6.35. The third kappa shape index (κ3) is 3.41. The van der Waals surface area contributed by atoms with Gasteiger partial charge in [0, 0.05) is 41.8 Å². The van der Waals surface area contributed by atoms with E-state index in [2.05, 4.69) is 23.9 Å². The van der Waals surface area contributed by atoms with Crippen LogP contribution >= 0.6 is 23.2 Å². The molecule has 2 unspecified atom stereocenters. The highest BCUT2D eigenvalue weighted by Crippen LogP contribution is 2.31. The lowest BCUT2D eigenvalue weighted by molar-refractivity contribution is 0.220. The summed E-state index contributed by atoms with van der Waals surface area (Å²) in [5.41, 5.74) is 7.04. The van der Waals surface area contributed by atoms with Crippen LogP contribution in [0.25, 0.3) is 0 Å². The molecule has 106 valence electrons. The van der Waals surface area contributed by atoms with Gasteiger partial charge >= 0.3 is 0 Å². The number of halogens is 2. The topological polar surface area (TPSA) is 32.5 Å². The molecule has 1 aliphatic rings. The van der Waals surface area contributed by atoms with Crippen molar-refractivity contribution in [1.29, 1.82) is 0 Å². The Kier molecular flexibility index (Phi) is 5.09. The first kappa shape index (κ1) is 15.1. The summed E-state index contributed by atoms with van der Waals surface area (Å²) in [4.78, 5) is 4.69. The molecule has 1 heterocycles. The van der Waals surface area contributed by atoms with E-state index in [-0.39, 0.29) is 6.04 Å². The van der Waals surface area contributed by atoms with E-state index in [1.165, 1.54) is 6.42 Å². The number of nitrogens with two attached hydrogens (primary N) is 1. The van der Waals surface area contributed by atoms with Crippen molar-refractivity contribution in [3.05, 3.63) is 33.8 Å². The molecule has 19 heavy (non-hydrogen) atoms. The second-order valence-corrected chi connectivity index (χ2v) is 6.16. The van der Waals surface area contributed by atoms with Gasteiger partial charge < -0.3 is 10.6 Å². The second kappa shape index (κ2) is 6.42. The van der Waals surface area contributed by atoms with Gasteiger partial charge in [-0.2, -0.15) is 0 Å². The fourth-order valence-electron chi connectivity index (χ4n) is 2.72. The van der Waals surface area contributed by atoms with Crippen LogP contribution in [-0.2, 0) is 0 Å². The normalized spacial score (nSPS) is 22.1. The van der Waals surface area contributed by atoms with Crippen molar-refractivity contribution in [3.8, 4) is 0 Å². The third-order valence-electron chi connectivity index (χ3n) is 3.91. The van der Waals surface area contributed by atoms with Gasteiger partial charge in [-0.15, -0.1) is 0 Å². The quantitative estimate of drug-likeness (QED) is 0.928. The van der Waals surface area contributed by atoms with Crippen molar-refractivity contribution < 1.29 is 0 Å². The van der Waals surface area contributed by atoms with Crippen LogP contribution in [0.4, 0.5) is 0 Å².